The SMILES string of the molecule is COc1cc(OC2C(C)(C)C(NC(=O)c3cnc(N4CCC(CN(CCN5CCOCC5)C5CC(Oc6ccc7c(c6)C(=O)N([C@@H]6CCC(=O)NC6=O)C7=O)C5)CC4)cn3)C2(C)C)ccc1C#N. The van der Waals surface area contributed by atoms with E-state index in [1.807, 2.05) is 0 Å². The Balaban J connectivity index is 0.767. The highest BCUT2D eigenvalue weighted by molar-refractivity contribution is 6.23. The van der Waals surface area contributed by atoms with Crippen molar-refractivity contribution in [2.24, 2.45) is 16.7 Å². The second-order valence-electron chi connectivity index (χ2n) is 20.2. The van der Waals surface area contributed by atoms with Gasteiger partial charge in [-0.05, 0) is 55.5 Å². The number of nitrogens with one attached hydrogen (secondary N) is 2. The van der Waals surface area contributed by atoms with Gasteiger partial charge in [0.2, 0.25) is 11.8 Å². The number of amides is 5. The molecule has 1 aromatic heterocycles. The molecule has 360 valence electrons. The molecular weight excluding hydrogens is 871 g/mol. The molecule has 3 saturated heterocycles. The van der Waals surface area contributed by atoms with Crippen LogP contribution >= 0.6 is 0 Å². The average Bonchev–Trinajstić information content (AvgIpc) is 3.57. The molecule has 0 spiro atoms. The maximum Gasteiger partial charge on any atom is 0.271 e. The zero-order valence-corrected chi connectivity index (χ0v) is 39.5. The van der Waals surface area contributed by atoms with E-state index >= 15 is 0 Å². The average molecular weight is 932 g/mol. The lowest BCUT2D eigenvalue weighted by atomic mass is 9.49. The van der Waals surface area contributed by atoms with Crippen LogP contribution in [0.5, 0.6) is 17.2 Å². The number of morpholine rings is 1. The van der Waals surface area contributed by atoms with E-state index in [2.05, 4.69) is 64.1 Å². The van der Waals surface area contributed by atoms with Crippen LogP contribution in [0, 0.1) is 28.1 Å². The molecule has 2 saturated carbocycles. The monoisotopic (exact) mass is 931 g/mol. The van der Waals surface area contributed by atoms with E-state index in [9.17, 15) is 29.2 Å². The first kappa shape index (κ1) is 46.9. The molecule has 9 rings (SSSR count). The van der Waals surface area contributed by atoms with E-state index in [0.29, 0.717) is 34.8 Å². The molecule has 2 aromatic carbocycles. The van der Waals surface area contributed by atoms with Gasteiger partial charge in [-0.1, -0.05) is 27.7 Å². The summed E-state index contributed by atoms with van der Waals surface area (Å²) in [7, 11) is 1.52. The Morgan fingerprint density at radius 3 is 2.29 bits per heavy atom. The molecule has 2 N–H and O–H groups in total. The van der Waals surface area contributed by atoms with Gasteiger partial charge in [0.05, 0.1) is 49.4 Å². The second kappa shape index (κ2) is 19.1. The van der Waals surface area contributed by atoms with E-state index in [1.165, 1.54) is 7.11 Å². The normalized spacial score (nSPS) is 25.8. The van der Waals surface area contributed by atoms with Gasteiger partial charge in [0.25, 0.3) is 17.7 Å². The molecule has 3 aromatic rings. The topological polar surface area (TPSA) is 209 Å². The van der Waals surface area contributed by atoms with Crippen molar-refractivity contribution in [3.63, 3.8) is 0 Å². The van der Waals surface area contributed by atoms with Crippen LogP contribution in [-0.4, -0.2) is 151 Å². The summed E-state index contributed by atoms with van der Waals surface area (Å²) in [4.78, 5) is 82.0. The summed E-state index contributed by atoms with van der Waals surface area (Å²) in [6, 6.07) is 11.3. The lowest BCUT2D eigenvalue weighted by Gasteiger charge is -2.63. The smallest absolute Gasteiger partial charge is 0.271 e. The molecule has 1 atom stereocenters. The van der Waals surface area contributed by atoms with Gasteiger partial charge in [-0.3, -0.25) is 44.0 Å². The van der Waals surface area contributed by atoms with Crippen LogP contribution in [0.4, 0.5) is 5.82 Å². The highest BCUT2D eigenvalue weighted by Gasteiger charge is 2.64. The lowest BCUT2D eigenvalue weighted by Crippen LogP contribution is -2.74. The summed E-state index contributed by atoms with van der Waals surface area (Å²) in [5.74, 6) is 0.379. The first-order valence-electron chi connectivity index (χ1n) is 23.8. The number of fused-ring (bicyclic) bond motifs is 1. The fourth-order valence-corrected chi connectivity index (χ4v) is 11.4. The number of aromatic nitrogens is 2. The van der Waals surface area contributed by atoms with Crippen molar-refractivity contribution in [1.29, 1.82) is 5.26 Å². The molecule has 2 aliphatic carbocycles. The van der Waals surface area contributed by atoms with E-state index in [4.69, 9.17) is 23.9 Å². The summed E-state index contributed by atoms with van der Waals surface area (Å²) in [6.45, 7) is 16.2. The van der Waals surface area contributed by atoms with Crippen LogP contribution in [0.25, 0.3) is 0 Å². The van der Waals surface area contributed by atoms with Gasteiger partial charge >= 0.3 is 0 Å². The number of rotatable bonds is 15. The summed E-state index contributed by atoms with van der Waals surface area (Å²) in [5.41, 5.74) is 0.305. The maximum absolute atomic E-state index is 13.6. The van der Waals surface area contributed by atoms with Gasteiger partial charge < -0.3 is 29.2 Å². The van der Waals surface area contributed by atoms with E-state index in [0.717, 1.165) is 95.4 Å². The van der Waals surface area contributed by atoms with Gasteiger partial charge in [0.15, 0.2) is 0 Å². The third-order valence-electron chi connectivity index (χ3n) is 15.1. The van der Waals surface area contributed by atoms with Gasteiger partial charge in [-0.15, -0.1) is 0 Å². The number of hydrogen-bond acceptors (Lipinski definition) is 15. The fourth-order valence-electron chi connectivity index (χ4n) is 11.4. The summed E-state index contributed by atoms with van der Waals surface area (Å²) in [5, 5.41) is 14.8. The van der Waals surface area contributed by atoms with E-state index < -0.39 is 40.5 Å². The van der Waals surface area contributed by atoms with Crippen LogP contribution < -0.4 is 29.7 Å². The van der Waals surface area contributed by atoms with E-state index in [1.54, 1.807) is 48.8 Å². The molecule has 4 aliphatic heterocycles. The molecule has 18 nitrogen and oxygen atoms in total. The molecule has 68 heavy (non-hydrogen) atoms. The van der Waals surface area contributed by atoms with Gasteiger partial charge in [0.1, 0.15) is 53.1 Å². The Bertz CT molecular complexity index is 2460. The minimum atomic E-state index is -1.02. The molecule has 5 amide bonds. The maximum atomic E-state index is 13.6. The van der Waals surface area contributed by atoms with Crippen LogP contribution in [-0.2, 0) is 14.3 Å². The number of imide groups is 2. The number of methoxy groups -OCH3 is 1. The van der Waals surface area contributed by atoms with Gasteiger partial charge in [-0.25, -0.2) is 9.97 Å². The van der Waals surface area contributed by atoms with Crippen molar-refractivity contribution in [3.8, 4) is 23.3 Å². The second-order valence-corrected chi connectivity index (χ2v) is 20.2. The first-order valence-corrected chi connectivity index (χ1v) is 23.8. The highest BCUT2D eigenvalue weighted by atomic mass is 16.5. The molecule has 6 aliphatic rings. The number of benzene rings is 2. The third-order valence-corrected chi connectivity index (χ3v) is 15.1. The summed E-state index contributed by atoms with van der Waals surface area (Å²) in [6.07, 6.45) is 6.82. The van der Waals surface area contributed by atoms with Crippen LogP contribution in [0.3, 0.4) is 0 Å². The largest absolute Gasteiger partial charge is 0.495 e. The van der Waals surface area contributed by atoms with Gasteiger partial charge in [-0.2, -0.15) is 5.26 Å². The fraction of sp³-hybridized carbons (Fsp3) is 0.560. The molecule has 0 bridgehead atoms. The molecule has 0 unspecified atom stereocenters. The Labute approximate surface area is 396 Å². The minimum Gasteiger partial charge on any atom is -0.495 e. The Morgan fingerprint density at radius 1 is 0.912 bits per heavy atom. The minimum absolute atomic E-state index is 0.0457. The summed E-state index contributed by atoms with van der Waals surface area (Å²) < 4.78 is 23.8. The molecule has 5 fully saturated rings. The number of nitriles is 1. The van der Waals surface area contributed by atoms with Crippen molar-refractivity contribution in [2.75, 3.05) is 71.0 Å². The molecule has 0 radical (unpaired) electrons. The standard InChI is InChI=1S/C50H61N9O9/c1-49(2)47(50(3,4)48(49)68-34-7-6-31(26-51)40(25-34)65-5)55-43(61)38-27-53-41(28-52-38)57-14-12-30(13-15-57)29-58(17-16-56-18-20-66-21-19-56)32-22-35(23-32)67-33-8-9-36-37(24-33)46(64)59(45(36)63)39-10-11-42(60)54-44(39)62/h6-9,24-25,27-28,30,32,35,39,47-48H,10-23,29H2,1-5H3,(H,55,61)(H,54,60,62)/t32?,35?,39-,47?,48?/m1/s1. The number of piperidine rings is 2. The van der Waals surface area contributed by atoms with E-state index in [-0.39, 0.29) is 53.8 Å². The molecular formula is C50H61N9O9. The molecule has 18 heteroatoms. The van der Waals surface area contributed by atoms with Crippen molar-refractivity contribution in [3.05, 3.63) is 71.2 Å². The molecule has 5 heterocycles. The Morgan fingerprint density at radius 2 is 1.62 bits per heavy atom. The Kier molecular flexibility index (Phi) is 13.2. The first-order chi connectivity index (χ1) is 32.6. The van der Waals surface area contributed by atoms with Crippen LogP contribution in [0.1, 0.15) is 103 Å². The predicted octanol–water partition coefficient (Wildman–Crippen LogP) is 3.83. The number of anilines is 1. The zero-order chi connectivity index (χ0) is 47.9. The van der Waals surface area contributed by atoms with Crippen molar-refractivity contribution in [2.45, 2.75) is 96.6 Å². The van der Waals surface area contributed by atoms with Crippen molar-refractivity contribution < 1.29 is 42.9 Å². The van der Waals surface area contributed by atoms with Gasteiger partial charge in [0, 0.05) is 94.1 Å². The number of carbonyl (C=O) groups excluding carboxylic acids is 5. The summed E-state index contributed by atoms with van der Waals surface area (Å²) >= 11 is 0. The van der Waals surface area contributed by atoms with Crippen molar-refractivity contribution >= 4 is 35.4 Å². The third kappa shape index (κ3) is 9.23. The predicted molar refractivity (Wildman–Crippen MR) is 247 cm³/mol. The van der Waals surface area contributed by atoms with Crippen LogP contribution in [0.15, 0.2) is 48.8 Å². The van der Waals surface area contributed by atoms with Crippen LogP contribution in [0.2, 0.25) is 0 Å². The highest BCUT2D eigenvalue weighted by Crippen LogP contribution is 2.55. The Hall–Kier alpha value is -6.16. The zero-order valence-electron chi connectivity index (χ0n) is 39.5. The number of nitrogens with zero attached hydrogens (tertiary/aromatic N) is 7. The number of hydrogen-bond donors (Lipinski definition) is 2. The quantitative estimate of drug-likeness (QED) is 0.208. The number of carbonyl (C=O) groups is 5. The lowest BCUT2D eigenvalue weighted by molar-refractivity contribution is -0.164. The number of ether oxygens (including phenoxy) is 4. The van der Waals surface area contributed by atoms with Crippen molar-refractivity contribution in [1.82, 2.24) is 35.3 Å².